The molecule has 0 amide bonds. The fraction of sp³-hybridized carbons (Fsp3) is 0.200. The molecule has 19 heavy (non-hydrogen) atoms. The Balaban J connectivity index is 2.41. The third kappa shape index (κ3) is 2.94. The first-order chi connectivity index (χ1) is 9.04. The summed E-state index contributed by atoms with van der Waals surface area (Å²) in [7, 11) is 1.60. The molecule has 2 aromatic rings. The van der Waals surface area contributed by atoms with Crippen molar-refractivity contribution in [2.24, 2.45) is 0 Å². The van der Waals surface area contributed by atoms with E-state index in [0.717, 1.165) is 21.3 Å². The molecule has 0 fully saturated rings. The van der Waals surface area contributed by atoms with E-state index in [4.69, 9.17) is 16.3 Å². The van der Waals surface area contributed by atoms with Gasteiger partial charge in [0.1, 0.15) is 11.9 Å². The largest absolute Gasteiger partial charge is 0.496 e. The van der Waals surface area contributed by atoms with Gasteiger partial charge >= 0.3 is 0 Å². The van der Waals surface area contributed by atoms with Gasteiger partial charge in [-0.25, -0.2) is 0 Å². The number of rotatable bonds is 3. The zero-order valence-electron chi connectivity index (χ0n) is 10.7. The van der Waals surface area contributed by atoms with Crippen LogP contribution in [0.15, 0.2) is 40.9 Å². The molecule has 2 rings (SSSR count). The number of ether oxygens (including phenoxy) is 1. The summed E-state index contributed by atoms with van der Waals surface area (Å²) in [6, 6.07) is 11.1. The molecule has 1 atom stereocenters. The van der Waals surface area contributed by atoms with Crippen LogP contribution in [0.1, 0.15) is 22.8 Å². The lowest BCUT2D eigenvalue weighted by atomic mass is 10.00. The number of aryl methyl sites for hydroxylation is 1. The molecule has 1 unspecified atom stereocenters. The van der Waals surface area contributed by atoms with Crippen molar-refractivity contribution in [2.75, 3.05) is 7.11 Å². The van der Waals surface area contributed by atoms with Gasteiger partial charge in [-0.3, -0.25) is 0 Å². The molecule has 0 aromatic heterocycles. The van der Waals surface area contributed by atoms with Gasteiger partial charge < -0.3 is 9.84 Å². The molecule has 0 saturated carbocycles. The maximum atomic E-state index is 10.4. The van der Waals surface area contributed by atoms with Crippen molar-refractivity contribution in [2.45, 2.75) is 13.0 Å². The van der Waals surface area contributed by atoms with Gasteiger partial charge in [-0.15, -0.1) is 0 Å². The predicted molar refractivity (Wildman–Crippen MR) is 80.9 cm³/mol. The van der Waals surface area contributed by atoms with E-state index in [1.807, 2.05) is 43.3 Å². The van der Waals surface area contributed by atoms with Crippen LogP contribution in [-0.4, -0.2) is 12.2 Å². The zero-order valence-corrected chi connectivity index (χ0v) is 13.0. The highest BCUT2D eigenvalue weighted by Crippen LogP contribution is 2.34. The smallest absolute Gasteiger partial charge is 0.133 e. The Bertz CT molecular complexity index is 599. The molecular formula is C15H14BrClO2. The third-order valence-corrected chi connectivity index (χ3v) is 4.14. The SMILES string of the molecule is COc1ccc(C(O)c2cccc(C)c2Cl)cc1Br. The Labute approximate surface area is 126 Å². The average molecular weight is 342 g/mol. The third-order valence-electron chi connectivity index (χ3n) is 3.01. The first-order valence-corrected chi connectivity index (χ1v) is 6.98. The van der Waals surface area contributed by atoms with Crippen LogP contribution in [0.25, 0.3) is 0 Å². The van der Waals surface area contributed by atoms with E-state index in [1.165, 1.54) is 0 Å². The van der Waals surface area contributed by atoms with Crippen molar-refractivity contribution in [3.05, 3.63) is 62.6 Å². The van der Waals surface area contributed by atoms with Gasteiger partial charge in [-0.2, -0.15) is 0 Å². The number of methoxy groups -OCH3 is 1. The Morgan fingerprint density at radius 1 is 1.26 bits per heavy atom. The number of halogens is 2. The summed E-state index contributed by atoms with van der Waals surface area (Å²) < 4.78 is 5.97. The molecule has 0 aliphatic rings. The highest BCUT2D eigenvalue weighted by molar-refractivity contribution is 9.10. The van der Waals surface area contributed by atoms with Crippen molar-refractivity contribution >= 4 is 27.5 Å². The lowest BCUT2D eigenvalue weighted by molar-refractivity contribution is 0.220. The van der Waals surface area contributed by atoms with Crippen molar-refractivity contribution in [3.63, 3.8) is 0 Å². The van der Waals surface area contributed by atoms with Crippen LogP contribution >= 0.6 is 27.5 Å². The highest BCUT2D eigenvalue weighted by atomic mass is 79.9. The number of hydrogen-bond donors (Lipinski definition) is 1. The summed E-state index contributed by atoms with van der Waals surface area (Å²) in [6.45, 7) is 1.92. The standard InChI is InChI=1S/C15H14BrClO2/c1-9-4-3-5-11(14(9)17)15(18)10-6-7-13(19-2)12(16)8-10/h3-8,15,18H,1-2H3. The molecule has 0 spiro atoms. The minimum absolute atomic E-state index is 0.599. The fourth-order valence-corrected chi connectivity index (χ4v) is 2.70. The topological polar surface area (TPSA) is 29.5 Å². The van der Waals surface area contributed by atoms with Gasteiger partial charge in [0.05, 0.1) is 11.6 Å². The van der Waals surface area contributed by atoms with Gasteiger partial charge in [0.2, 0.25) is 0 Å². The number of benzene rings is 2. The Hall–Kier alpha value is -1.03. The first-order valence-electron chi connectivity index (χ1n) is 5.81. The van der Waals surface area contributed by atoms with Crippen LogP contribution < -0.4 is 4.74 Å². The molecule has 4 heteroatoms. The average Bonchev–Trinajstić information content (AvgIpc) is 2.41. The molecule has 2 nitrogen and oxygen atoms in total. The molecule has 0 aliphatic carbocycles. The predicted octanol–water partition coefficient (Wildman–Crippen LogP) is 4.50. The van der Waals surface area contributed by atoms with Gasteiger partial charge in [0.25, 0.3) is 0 Å². The Morgan fingerprint density at radius 2 is 2.00 bits per heavy atom. The van der Waals surface area contributed by atoms with E-state index in [-0.39, 0.29) is 0 Å². The second kappa shape index (κ2) is 5.95. The molecule has 0 bridgehead atoms. The van der Waals surface area contributed by atoms with E-state index in [1.54, 1.807) is 7.11 Å². The van der Waals surface area contributed by atoms with E-state index >= 15 is 0 Å². The molecule has 0 radical (unpaired) electrons. The van der Waals surface area contributed by atoms with Crippen molar-refractivity contribution in [1.29, 1.82) is 0 Å². The number of hydrogen-bond acceptors (Lipinski definition) is 2. The molecular weight excluding hydrogens is 328 g/mol. The van der Waals surface area contributed by atoms with E-state index in [2.05, 4.69) is 15.9 Å². The molecule has 2 aromatic carbocycles. The quantitative estimate of drug-likeness (QED) is 0.890. The summed E-state index contributed by atoms with van der Waals surface area (Å²) in [5, 5.41) is 11.0. The van der Waals surface area contributed by atoms with E-state index in [9.17, 15) is 5.11 Å². The van der Waals surface area contributed by atoms with Gasteiger partial charge in [-0.05, 0) is 46.1 Å². The summed E-state index contributed by atoms with van der Waals surface area (Å²) in [5.41, 5.74) is 2.42. The van der Waals surface area contributed by atoms with Gasteiger partial charge in [-0.1, -0.05) is 35.9 Å². The second-order valence-corrected chi connectivity index (χ2v) is 5.51. The van der Waals surface area contributed by atoms with Crippen molar-refractivity contribution < 1.29 is 9.84 Å². The monoisotopic (exact) mass is 340 g/mol. The molecule has 1 N–H and O–H groups in total. The minimum Gasteiger partial charge on any atom is -0.496 e. The van der Waals surface area contributed by atoms with Crippen molar-refractivity contribution in [3.8, 4) is 5.75 Å². The minimum atomic E-state index is -0.755. The summed E-state index contributed by atoms with van der Waals surface area (Å²) in [5.74, 6) is 0.728. The lowest BCUT2D eigenvalue weighted by Gasteiger charge is -2.15. The fourth-order valence-electron chi connectivity index (χ4n) is 1.91. The van der Waals surface area contributed by atoms with Crippen LogP contribution in [0.4, 0.5) is 0 Å². The van der Waals surface area contributed by atoms with Crippen molar-refractivity contribution in [1.82, 2.24) is 0 Å². The first kappa shape index (κ1) is 14.4. The lowest BCUT2D eigenvalue weighted by Crippen LogP contribution is -2.01. The van der Waals surface area contributed by atoms with Gasteiger partial charge in [0.15, 0.2) is 0 Å². The second-order valence-electron chi connectivity index (χ2n) is 4.27. The van der Waals surface area contributed by atoms with Crippen LogP contribution in [0, 0.1) is 6.92 Å². The molecule has 0 saturated heterocycles. The van der Waals surface area contributed by atoms with Crippen LogP contribution in [-0.2, 0) is 0 Å². The Morgan fingerprint density at radius 3 is 2.63 bits per heavy atom. The molecule has 0 aliphatic heterocycles. The van der Waals surface area contributed by atoms with E-state index < -0.39 is 6.10 Å². The maximum absolute atomic E-state index is 10.4. The Kier molecular flexibility index (Phi) is 4.50. The van der Waals surface area contributed by atoms with Crippen LogP contribution in [0.5, 0.6) is 5.75 Å². The number of aliphatic hydroxyl groups is 1. The van der Waals surface area contributed by atoms with Crippen LogP contribution in [0.2, 0.25) is 5.02 Å². The normalized spacial score (nSPS) is 12.3. The number of aliphatic hydroxyl groups excluding tert-OH is 1. The highest BCUT2D eigenvalue weighted by Gasteiger charge is 2.16. The van der Waals surface area contributed by atoms with Gasteiger partial charge in [0, 0.05) is 10.6 Å². The van der Waals surface area contributed by atoms with E-state index in [0.29, 0.717) is 10.6 Å². The summed E-state index contributed by atoms with van der Waals surface area (Å²) in [6.07, 6.45) is -0.755. The molecule has 100 valence electrons. The zero-order chi connectivity index (χ0) is 14.0. The summed E-state index contributed by atoms with van der Waals surface area (Å²) >= 11 is 9.65. The molecule has 0 heterocycles. The van der Waals surface area contributed by atoms with Crippen LogP contribution in [0.3, 0.4) is 0 Å². The maximum Gasteiger partial charge on any atom is 0.133 e. The summed E-state index contributed by atoms with van der Waals surface area (Å²) in [4.78, 5) is 0.